The maximum Gasteiger partial charge on any atom is 0.175 e. The van der Waals surface area contributed by atoms with E-state index in [1.54, 1.807) is 25.3 Å². The van der Waals surface area contributed by atoms with E-state index >= 15 is 0 Å². The van der Waals surface area contributed by atoms with Gasteiger partial charge < -0.3 is 9.47 Å². The minimum Gasteiger partial charge on any atom is -0.493 e. The zero-order valence-electron chi connectivity index (χ0n) is 11.1. The maximum absolute atomic E-state index is 6.13. The van der Waals surface area contributed by atoms with E-state index in [1.807, 2.05) is 12.1 Å². The molecule has 112 valence electrons. The lowest BCUT2D eigenvalue weighted by Crippen LogP contribution is -2.00. The average Bonchev–Trinajstić information content (AvgIpc) is 2.47. The number of benzene rings is 2. The molecule has 6 heteroatoms. The van der Waals surface area contributed by atoms with Gasteiger partial charge in [-0.1, -0.05) is 29.3 Å². The summed E-state index contributed by atoms with van der Waals surface area (Å²) in [4.78, 5) is 0. The predicted molar refractivity (Wildman–Crippen MR) is 91.0 cm³/mol. The minimum atomic E-state index is 0.244. The molecule has 0 aliphatic heterocycles. The summed E-state index contributed by atoms with van der Waals surface area (Å²) in [5.41, 5.74) is 1.67. The summed E-state index contributed by atoms with van der Waals surface area (Å²) < 4.78 is 11.9. The van der Waals surface area contributed by atoms with Crippen LogP contribution in [0.15, 0.2) is 34.8 Å². The van der Waals surface area contributed by atoms with Crippen molar-refractivity contribution >= 4 is 50.7 Å². The van der Waals surface area contributed by atoms with Crippen LogP contribution in [0.2, 0.25) is 10.0 Å². The predicted octanol–water partition coefficient (Wildman–Crippen LogP) is 6.08. The summed E-state index contributed by atoms with van der Waals surface area (Å²) in [5.74, 6) is 1.58. The second-order valence-electron chi connectivity index (χ2n) is 4.23. The number of alkyl halides is 1. The van der Waals surface area contributed by atoms with Crippen molar-refractivity contribution in [3.8, 4) is 11.5 Å². The fraction of sp³-hybridized carbons (Fsp3) is 0.200. The number of ether oxygens (including phenoxy) is 2. The van der Waals surface area contributed by atoms with Crippen molar-refractivity contribution in [2.75, 3.05) is 7.11 Å². The quantitative estimate of drug-likeness (QED) is 0.556. The zero-order valence-corrected chi connectivity index (χ0v) is 15.0. The number of hydrogen-bond donors (Lipinski definition) is 0. The van der Waals surface area contributed by atoms with Gasteiger partial charge in [0.05, 0.1) is 11.6 Å². The summed E-state index contributed by atoms with van der Waals surface area (Å²) >= 11 is 21.6. The van der Waals surface area contributed by atoms with Gasteiger partial charge >= 0.3 is 0 Å². The average molecular weight is 411 g/mol. The molecule has 2 aromatic carbocycles. The van der Waals surface area contributed by atoms with E-state index in [0.29, 0.717) is 27.4 Å². The van der Waals surface area contributed by atoms with Crippen LogP contribution >= 0.6 is 50.7 Å². The Morgan fingerprint density at radius 2 is 1.81 bits per heavy atom. The van der Waals surface area contributed by atoms with Crippen molar-refractivity contribution < 1.29 is 9.47 Å². The van der Waals surface area contributed by atoms with Crippen molar-refractivity contribution in [1.82, 2.24) is 0 Å². The fourth-order valence-corrected chi connectivity index (χ4v) is 3.07. The molecule has 0 aliphatic rings. The lowest BCUT2D eigenvalue weighted by atomic mass is 10.2. The molecular formula is C15H12BrCl3O2. The highest BCUT2D eigenvalue weighted by molar-refractivity contribution is 9.10. The molecule has 0 aromatic heterocycles. The molecule has 2 aromatic rings. The number of methoxy groups -OCH3 is 1. The molecule has 0 aliphatic carbocycles. The SMILES string of the molecule is COc1cc(CCl)cc(Br)c1OCc1c(Cl)cccc1Cl. The molecule has 0 fully saturated rings. The third-order valence-corrected chi connectivity index (χ3v) is 4.47. The summed E-state index contributed by atoms with van der Waals surface area (Å²) in [5, 5.41) is 1.13. The molecule has 0 saturated carbocycles. The highest BCUT2D eigenvalue weighted by atomic mass is 79.9. The Morgan fingerprint density at radius 1 is 1.14 bits per heavy atom. The molecule has 2 nitrogen and oxygen atoms in total. The van der Waals surface area contributed by atoms with Gasteiger partial charge in [-0.3, -0.25) is 0 Å². The van der Waals surface area contributed by atoms with E-state index < -0.39 is 0 Å². The molecule has 21 heavy (non-hydrogen) atoms. The van der Waals surface area contributed by atoms with Gasteiger partial charge in [-0.05, 0) is 45.8 Å². The summed E-state index contributed by atoms with van der Waals surface area (Å²) in [7, 11) is 1.58. The molecular weight excluding hydrogens is 398 g/mol. The van der Waals surface area contributed by atoms with Crippen LogP contribution in [0.1, 0.15) is 11.1 Å². The van der Waals surface area contributed by atoms with Gasteiger partial charge in [-0.25, -0.2) is 0 Å². The van der Waals surface area contributed by atoms with Crippen molar-refractivity contribution in [2.45, 2.75) is 12.5 Å². The van der Waals surface area contributed by atoms with E-state index in [0.717, 1.165) is 15.6 Å². The molecule has 0 spiro atoms. The first-order valence-corrected chi connectivity index (χ1v) is 8.13. The molecule has 0 atom stereocenters. The molecule has 0 heterocycles. The highest BCUT2D eigenvalue weighted by Gasteiger charge is 2.13. The number of rotatable bonds is 5. The standard InChI is InChI=1S/C15H12BrCl3O2/c1-20-14-6-9(7-17)5-11(16)15(14)21-8-10-12(18)3-2-4-13(10)19/h2-6H,7-8H2,1H3. The van der Waals surface area contributed by atoms with Gasteiger partial charge in [-0.2, -0.15) is 0 Å². The Balaban J connectivity index is 2.28. The highest BCUT2D eigenvalue weighted by Crippen LogP contribution is 2.38. The van der Waals surface area contributed by atoms with E-state index in [2.05, 4.69) is 15.9 Å². The molecule has 0 amide bonds. The topological polar surface area (TPSA) is 18.5 Å². The second-order valence-corrected chi connectivity index (χ2v) is 6.17. The van der Waals surface area contributed by atoms with Gasteiger partial charge in [0, 0.05) is 21.5 Å². The molecule has 0 N–H and O–H groups in total. The summed E-state index contributed by atoms with van der Waals surface area (Å²) in [6.45, 7) is 0.244. The first-order chi connectivity index (χ1) is 10.1. The normalized spacial score (nSPS) is 10.5. The lowest BCUT2D eigenvalue weighted by Gasteiger charge is -2.15. The van der Waals surface area contributed by atoms with Gasteiger partial charge in [-0.15, -0.1) is 11.6 Å². The molecule has 0 unspecified atom stereocenters. The first-order valence-electron chi connectivity index (χ1n) is 6.05. The van der Waals surface area contributed by atoms with Crippen LogP contribution in [0.5, 0.6) is 11.5 Å². The summed E-state index contributed by atoms with van der Waals surface area (Å²) in [6.07, 6.45) is 0. The van der Waals surface area contributed by atoms with E-state index in [1.165, 1.54) is 0 Å². The van der Waals surface area contributed by atoms with E-state index in [9.17, 15) is 0 Å². The van der Waals surface area contributed by atoms with Crippen LogP contribution in [-0.2, 0) is 12.5 Å². The van der Waals surface area contributed by atoms with Crippen molar-refractivity contribution in [3.05, 3.63) is 56.0 Å². The van der Waals surface area contributed by atoms with Gasteiger partial charge in [0.15, 0.2) is 11.5 Å². The van der Waals surface area contributed by atoms with Gasteiger partial charge in [0.25, 0.3) is 0 Å². The van der Waals surface area contributed by atoms with E-state index in [4.69, 9.17) is 44.3 Å². The van der Waals surface area contributed by atoms with Crippen molar-refractivity contribution in [3.63, 3.8) is 0 Å². The Labute approximate surface area is 147 Å². The number of halogens is 4. The minimum absolute atomic E-state index is 0.244. The van der Waals surface area contributed by atoms with Crippen LogP contribution in [-0.4, -0.2) is 7.11 Å². The van der Waals surface area contributed by atoms with Gasteiger partial charge in [0.1, 0.15) is 6.61 Å². The Kier molecular flexibility index (Phi) is 6.06. The monoisotopic (exact) mass is 408 g/mol. The second kappa shape index (κ2) is 7.59. The smallest absolute Gasteiger partial charge is 0.175 e. The maximum atomic E-state index is 6.13. The van der Waals surface area contributed by atoms with Gasteiger partial charge in [0.2, 0.25) is 0 Å². The van der Waals surface area contributed by atoms with Crippen molar-refractivity contribution in [2.24, 2.45) is 0 Å². The van der Waals surface area contributed by atoms with Crippen LogP contribution in [0.4, 0.5) is 0 Å². The largest absolute Gasteiger partial charge is 0.493 e. The molecule has 0 bridgehead atoms. The summed E-state index contributed by atoms with van der Waals surface area (Å²) in [6, 6.07) is 9.06. The van der Waals surface area contributed by atoms with Crippen LogP contribution in [0, 0.1) is 0 Å². The third-order valence-electron chi connectivity index (χ3n) is 2.87. The molecule has 2 rings (SSSR count). The van der Waals surface area contributed by atoms with E-state index in [-0.39, 0.29) is 6.61 Å². The number of hydrogen-bond acceptors (Lipinski definition) is 2. The van der Waals surface area contributed by atoms with Crippen LogP contribution in [0.25, 0.3) is 0 Å². The zero-order chi connectivity index (χ0) is 15.4. The Hall–Kier alpha value is -0.610. The lowest BCUT2D eigenvalue weighted by molar-refractivity contribution is 0.282. The van der Waals surface area contributed by atoms with Crippen LogP contribution in [0.3, 0.4) is 0 Å². The first kappa shape index (κ1) is 16.8. The van der Waals surface area contributed by atoms with Crippen molar-refractivity contribution in [1.29, 1.82) is 0 Å². The third kappa shape index (κ3) is 3.98. The molecule has 0 radical (unpaired) electrons. The Morgan fingerprint density at radius 3 is 2.38 bits per heavy atom. The van der Waals surface area contributed by atoms with Crippen LogP contribution < -0.4 is 9.47 Å². The molecule has 0 saturated heterocycles. The fourth-order valence-electron chi connectivity index (χ4n) is 1.81. The Bertz CT molecular complexity index is 627.